The second-order valence-corrected chi connectivity index (χ2v) is 3.17. The van der Waals surface area contributed by atoms with E-state index < -0.39 is 0 Å². The third-order valence-electron chi connectivity index (χ3n) is 1.87. The third-order valence-corrected chi connectivity index (χ3v) is 1.87. The van der Waals surface area contributed by atoms with Crippen LogP contribution < -0.4 is 22.3 Å². The van der Waals surface area contributed by atoms with Gasteiger partial charge in [-0.15, -0.1) is 0 Å². The van der Waals surface area contributed by atoms with E-state index in [4.69, 9.17) is 11.6 Å². The Morgan fingerprint density at radius 1 is 1.31 bits per heavy atom. The van der Waals surface area contributed by atoms with E-state index in [2.05, 4.69) is 25.8 Å². The van der Waals surface area contributed by atoms with E-state index in [0.717, 1.165) is 5.69 Å². The molecular weight excluding hydrogens is 208 g/mol. The Hall–Kier alpha value is -2.35. The number of rotatable bonds is 3. The highest BCUT2D eigenvalue weighted by atomic mass is 15.3. The molecule has 0 spiro atoms. The molecular formula is C8H12N8. The second-order valence-electron chi connectivity index (χ2n) is 3.17. The molecule has 2 heterocycles. The zero-order chi connectivity index (χ0) is 11.5. The maximum atomic E-state index is 5.52. The quantitative estimate of drug-likeness (QED) is 0.418. The predicted octanol–water partition coefficient (Wildman–Crippen LogP) is -0.178. The van der Waals surface area contributed by atoms with Gasteiger partial charge in [-0.25, -0.2) is 5.84 Å². The zero-order valence-corrected chi connectivity index (χ0v) is 8.68. The molecule has 0 amide bonds. The number of aryl methyl sites for hydroxylation is 1. The van der Waals surface area contributed by atoms with Gasteiger partial charge in [-0.1, -0.05) is 0 Å². The minimum atomic E-state index is 0.141. The van der Waals surface area contributed by atoms with Gasteiger partial charge in [-0.3, -0.25) is 4.68 Å². The van der Waals surface area contributed by atoms with Crippen molar-refractivity contribution < 1.29 is 0 Å². The number of aromatic nitrogens is 4. The van der Waals surface area contributed by atoms with Gasteiger partial charge in [0.1, 0.15) is 11.6 Å². The second kappa shape index (κ2) is 4.03. The number of nitrogens with zero attached hydrogens (tertiary/aromatic N) is 4. The van der Waals surface area contributed by atoms with E-state index in [-0.39, 0.29) is 5.95 Å². The van der Waals surface area contributed by atoms with Crippen LogP contribution in [0, 0.1) is 0 Å². The van der Waals surface area contributed by atoms with Crippen LogP contribution in [0.3, 0.4) is 0 Å². The molecule has 0 atom stereocenters. The Bertz CT molecular complexity index is 491. The van der Waals surface area contributed by atoms with Crippen LogP contribution >= 0.6 is 0 Å². The minimum absolute atomic E-state index is 0.141. The van der Waals surface area contributed by atoms with Gasteiger partial charge in [0, 0.05) is 19.3 Å². The number of nitrogen functional groups attached to an aromatic ring is 2. The van der Waals surface area contributed by atoms with E-state index in [1.54, 1.807) is 16.9 Å². The van der Waals surface area contributed by atoms with Gasteiger partial charge in [0.05, 0.1) is 11.9 Å². The Morgan fingerprint density at radius 2 is 2.06 bits per heavy atom. The van der Waals surface area contributed by atoms with Crippen LogP contribution in [0.5, 0.6) is 0 Å². The molecule has 0 bridgehead atoms. The molecule has 0 fully saturated rings. The first-order valence-electron chi connectivity index (χ1n) is 4.54. The van der Waals surface area contributed by atoms with Crippen molar-refractivity contribution >= 4 is 23.3 Å². The monoisotopic (exact) mass is 220 g/mol. The normalized spacial score (nSPS) is 10.1. The maximum Gasteiger partial charge on any atom is 0.223 e. The lowest BCUT2D eigenvalue weighted by atomic mass is 10.5. The molecule has 6 N–H and O–H groups in total. The molecule has 0 unspecified atom stereocenters. The SMILES string of the molecule is Cn1cc(Nc2cc(NN)nc(N)n2)cn1. The molecule has 2 aromatic rings. The number of hydrogen-bond acceptors (Lipinski definition) is 7. The summed E-state index contributed by atoms with van der Waals surface area (Å²) >= 11 is 0. The van der Waals surface area contributed by atoms with Crippen molar-refractivity contribution in [3.63, 3.8) is 0 Å². The molecule has 0 aliphatic carbocycles. The summed E-state index contributed by atoms with van der Waals surface area (Å²) in [5.74, 6) is 6.38. The van der Waals surface area contributed by atoms with Crippen LogP contribution in [0.25, 0.3) is 0 Å². The molecule has 16 heavy (non-hydrogen) atoms. The van der Waals surface area contributed by atoms with Crippen molar-refractivity contribution in [2.75, 3.05) is 16.5 Å². The highest BCUT2D eigenvalue weighted by Crippen LogP contribution is 2.16. The smallest absolute Gasteiger partial charge is 0.223 e. The Balaban J connectivity index is 2.24. The van der Waals surface area contributed by atoms with Crippen molar-refractivity contribution in [2.45, 2.75) is 0 Å². The van der Waals surface area contributed by atoms with Crippen LogP contribution in [0.15, 0.2) is 18.5 Å². The van der Waals surface area contributed by atoms with E-state index in [1.807, 2.05) is 13.2 Å². The highest BCUT2D eigenvalue weighted by Gasteiger charge is 2.02. The highest BCUT2D eigenvalue weighted by molar-refractivity contribution is 5.59. The molecule has 8 nitrogen and oxygen atoms in total. The summed E-state index contributed by atoms with van der Waals surface area (Å²) in [6, 6.07) is 1.64. The molecule has 0 aliphatic heterocycles. The first-order chi connectivity index (χ1) is 7.67. The summed E-state index contributed by atoms with van der Waals surface area (Å²) in [6.45, 7) is 0. The van der Waals surface area contributed by atoms with Crippen LogP contribution in [0.4, 0.5) is 23.3 Å². The molecule has 0 saturated heterocycles. The Morgan fingerprint density at radius 3 is 2.69 bits per heavy atom. The standard InChI is InChI=1S/C8H12N8/c1-16-4-5(3-11-16)12-6-2-7(15-10)14-8(9)13-6/h2-4H,10H2,1H3,(H4,9,12,13,14,15). The summed E-state index contributed by atoms with van der Waals surface area (Å²) in [5, 5.41) is 7.05. The number of nitrogens with two attached hydrogens (primary N) is 2. The zero-order valence-electron chi connectivity index (χ0n) is 8.68. The molecule has 0 radical (unpaired) electrons. The minimum Gasteiger partial charge on any atom is -0.368 e. The molecule has 2 aromatic heterocycles. The van der Waals surface area contributed by atoms with Gasteiger partial charge < -0.3 is 16.5 Å². The number of hydrazine groups is 1. The average Bonchev–Trinajstić information content (AvgIpc) is 2.63. The first kappa shape index (κ1) is 10.2. The Kier molecular flexibility index (Phi) is 2.56. The summed E-state index contributed by atoms with van der Waals surface area (Å²) < 4.78 is 1.68. The fourth-order valence-corrected chi connectivity index (χ4v) is 1.24. The van der Waals surface area contributed by atoms with Crippen molar-refractivity contribution in [1.29, 1.82) is 0 Å². The van der Waals surface area contributed by atoms with Crippen molar-refractivity contribution in [3.8, 4) is 0 Å². The van der Waals surface area contributed by atoms with E-state index in [0.29, 0.717) is 11.6 Å². The van der Waals surface area contributed by atoms with Gasteiger partial charge in [-0.2, -0.15) is 15.1 Å². The molecule has 8 heteroatoms. The Labute approximate surface area is 91.6 Å². The van der Waals surface area contributed by atoms with Gasteiger partial charge in [0.2, 0.25) is 5.95 Å². The molecule has 2 rings (SSSR count). The van der Waals surface area contributed by atoms with Crippen molar-refractivity contribution in [2.24, 2.45) is 12.9 Å². The van der Waals surface area contributed by atoms with Gasteiger partial charge in [0.25, 0.3) is 0 Å². The number of nitrogens with one attached hydrogen (secondary N) is 2. The van der Waals surface area contributed by atoms with Crippen molar-refractivity contribution in [3.05, 3.63) is 18.5 Å². The van der Waals surface area contributed by atoms with Crippen molar-refractivity contribution in [1.82, 2.24) is 19.7 Å². The average molecular weight is 220 g/mol. The summed E-state index contributed by atoms with van der Waals surface area (Å²) in [5.41, 5.74) is 8.73. The molecule has 0 saturated carbocycles. The van der Waals surface area contributed by atoms with Gasteiger partial charge in [-0.05, 0) is 0 Å². The number of hydrogen-bond donors (Lipinski definition) is 4. The molecule has 0 aliphatic rings. The largest absolute Gasteiger partial charge is 0.368 e. The predicted molar refractivity (Wildman–Crippen MR) is 60.7 cm³/mol. The van der Waals surface area contributed by atoms with E-state index in [9.17, 15) is 0 Å². The topological polar surface area (TPSA) is 120 Å². The molecule has 84 valence electrons. The third kappa shape index (κ3) is 2.17. The lowest BCUT2D eigenvalue weighted by Crippen LogP contribution is -2.11. The van der Waals surface area contributed by atoms with E-state index in [1.165, 1.54) is 0 Å². The summed E-state index contributed by atoms with van der Waals surface area (Å²) in [6.07, 6.45) is 3.49. The maximum absolute atomic E-state index is 5.52. The molecule has 0 aromatic carbocycles. The van der Waals surface area contributed by atoms with Gasteiger partial charge in [0.15, 0.2) is 0 Å². The lowest BCUT2D eigenvalue weighted by molar-refractivity contribution is 0.768. The fourth-order valence-electron chi connectivity index (χ4n) is 1.24. The fraction of sp³-hybridized carbons (Fsp3) is 0.125. The van der Waals surface area contributed by atoms with Crippen LogP contribution in [0.1, 0.15) is 0 Å². The lowest BCUT2D eigenvalue weighted by Gasteiger charge is -2.05. The summed E-state index contributed by atoms with van der Waals surface area (Å²) in [7, 11) is 1.83. The van der Waals surface area contributed by atoms with Crippen LogP contribution in [0.2, 0.25) is 0 Å². The van der Waals surface area contributed by atoms with Crippen LogP contribution in [-0.2, 0) is 7.05 Å². The summed E-state index contributed by atoms with van der Waals surface area (Å²) in [4.78, 5) is 7.88. The van der Waals surface area contributed by atoms with E-state index >= 15 is 0 Å². The first-order valence-corrected chi connectivity index (χ1v) is 4.54. The van der Waals surface area contributed by atoms with Crippen LogP contribution in [-0.4, -0.2) is 19.7 Å². The van der Waals surface area contributed by atoms with Gasteiger partial charge >= 0.3 is 0 Å². The number of anilines is 4.